The maximum absolute atomic E-state index is 9.16. The van der Waals surface area contributed by atoms with Gasteiger partial charge in [-0.2, -0.15) is 4.98 Å². The van der Waals surface area contributed by atoms with E-state index >= 15 is 0 Å². The van der Waals surface area contributed by atoms with Crippen LogP contribution < -0.4 is 5.32 Å². The molecule has 0 atom stereocenters. The SMILES string of the molecule is CCCCc1noc(CNc2ccc(O)cc2)n1. The van der Waals surface area contributed by atoms with Crippen LogP contribution in [0.3, 0.4) is 0 Å². The Balaban J connectivity index is 1.86. The Bertz CT molecular complexity index is 479. The summed E-state index contributed by atoms with van der Waals surface area (Å²) >= 11 is 0. The summed E-state index contributed by atoms with van der Waals surface area (Å²) in [7, 11) is 0. The van der Waals surface area contributed by atoms with E-state index in [1.165, 1.54) is 0 Å². The molecular weight excluding hydrogens is 230 g/mol. The third kappa shape index (κ3) is 3.48. The molecule has 5 heteroatoms. The number of aromatic nitrogens is 2. The number of hydrogen-bond acceptors (Lipinski definition) is 5. The number of nitrogens with one attached hydrogen (secondary N) is 1. The fraction of sp³-hybridized carbons (Fsp3) is 0.385. The number of aromatic hydroxyl groups is 1. The van der Waals surface area contributed by atoms with Crippen LogP contribution in [0.5, 0.6) is 5.75 Å². The standard InChI is InChI=1S/C13H17N3O2/c1-2-3-4-12-15-13(18-16-12)9-14-10-5-7-11(17)8-6-10/h5-8,14,17H,2-4,9H2,1H3. The van der Waals surface area contributed by atoms with Gasteiger partial charge in [0.25, 0.3) is 0 Å². The quantitative estimate of drug-likeness (QED) is 0.768. The van der Waals surface area contributed by atoms with Gasteiger partial charge in [0.2, 0.25) is 5.89 Å². The van der Waals surface area contributed by atoms with Crippen LogP contribution in [0, 0.1) is 0 Å². The van der Waals surface area contributed by atoms with Crippen LogP contribution in [-0.4, -0.2) is 15.2 Å². The Morgan fingerprint density at radius 2 is 2.06 bits per heavy atom. The first-order valence-corrected chi connectivity index (χ1v) is 6.12. The number of hydrogen-bond donors (Lipinski definition) is 2. The zero-order valence-electron chi connectivity index (χ0n) is 10.4. The number of phenols is 1. The van der Waals surface area contributed by atoms with Crippen molar-refractivity contribution in [1.82, 2.24) is 10.1 Å². The number of aryl methyl sites for hydroxylation is 1. The molecule has 0 radical (unpaired) electrons. The van der Waals surface area contributed by atoms with Gasteiger partial charge in [0, 0.05) is 12.1 Å². The summed E-state index contributed by atoms with van der Waals surface area (Å²) in [5.41, 5.74) is 0.904. The summed E-state index contributed by atoms with van der Waals surface area (Å²) < 4.78 is 5.13. The van der Waals surface area contributed by atoms with Crippen molar-refractivity contribution in [2.75, 3.05) is 5.32 Å². The van der Waals surface area contributed by atoms with E-state index < -0.39 is 0 Å². The Hall–Kier alpha value is -2.04. The van der Waals surface area contributed by atoms with Crippen LogP contribution in [-0.2, 0) is 13.0 Å². The third-order valence-electron chi connectivity index (χ3n) is 2.58. The van der Waals surface area contributed by atoms with Crippen molar-refractivity contribution < 1.29 is 9.63 Å². The molecule has 1 heterocycles. The molecule has 0 aliphatic carbocycles. The van der Waals surface area contributed by atoms with Gasteiger partial charge >= 0.3 is 0 Å². The van der Waals surface area contributed by atoms with Crippen molar-refractivity contribution in [3.63, 3.8) is 0 Å². The third-order valence-corrected chi connectivity index (χ3v) is 2.58. The lowest BCUT2D eigenvalue weighted by molar-refractivity contribution is 0.377. The molecule has 0 saturated heterocycles. The number of unbranched alkanes of at least 4 members (excludes halogenated alkanes) is 1. The molecule has 1 aromatic carbocycles. The number of rotatable bonds is 6. The molecule has 2 aromatic rings. The van der Waals surface area contributed by atoms with E-state index in [0.717, 1.165) is 30.8 Å². The average molecular weight is 247 g/mol. The monoisotopic (exact) mass is 247 g/mol. The Labute approximate surface area is 106 Å². The van der Waals surface area contributed by atoms with Gasteiger partial charge in [0.05, 0.1) is 6.54 Å². The summed E-state index contributed by atoms with van der Waals surface area (Å²) in [6, 6.07) is 6.85. The predicted octanol–water partition coefficient (Wildman–Crippen LogP) is 2.73. The normalized spacial score (nSPS) is 10.5. The van der Waals surface area contributed by atoms with Gasteiger partial charge in [-0.3, -0.25) is 0 Å². The van der Waals surface area contributed by atoms with Crippen LogP contribution in [0.25, 0.3) is 0 Å². The maximum atomic E-state index is 9.16. The van der Waals surface area contributed by atoms with Crippen molar-refractivity contribution in [2.24, 2.45) is 0 Å². The van der Waals surface area contributed by atoms with Crippen molar-refractivity contribution in [1.29, 1.82) is 0 Å². The fourth-order valence-electron chi connectivity index (χ4n) is 1.56. The summed E-state index contributed by atoms with van der Waals surface area (Å²) in [6.45, 7) is 2.62. The molecule has 5 nitrogen and oxygen atoms in total. The van der Waals surface area contributed by atoms with E-state index in [2.05, 4.69) is 22.4 Å². The summed E-state index contributed by atoms with van der Waals surface area (Å²) in [6.07, 6.45) is 3.05. The van der Waals surface area contributed by atoms with E-state index in [1.54, 1.807) is 24.3 Å². The molecule has 0 saturated carbocycles. The second-order valence-corrected chi connectivity index (χ2v) is 4.11. The number of phenolic OH excluding ortho intramolecular Hbond substituents is 1. The van der Waals surface area contributed by atoms with Gasteiger partial charge in [0.15, 0.2) is 5.82 Å². The second kappa shape index (κ2) is 6.05. The van der Waals surface area contributed by atoms with Crippen LogP contribution in [0.2, 0.25) is 0 Å². The van der Waals surface area contributed by atoms with Gasteiger partial charge in [-0.25, -0.2) is 0 Å². The minimum Gasteiger partial charge on any atom is -0.508 e. The number of nitrogens with zero attached hydrogens (tertiary/aromatic N) is 2. The molecule has 0 amide bonds. The molecule has 0 bridgehead atoms. The highest BCUT2D eigenvalue weighted by atomic mass is 16.5. The summed E-state index contributed by atoms with van der Waals surface area (Å²) in [5.74, 6) is 1.59. The Morgan fingerprint density at radius 3 is 2.78 bits per heavy atom. The average Bonchev–Trinajstić information content (AvgIpc) is 2.84. The highest BCUT2D eigenvalue weighted by Gasteiger charge is 2.05. The van der Waals surface area contributed by atoms with Crippen LogP contribution >= 0.6 is 0 Å². The van der Waals surface area contributed by atoms with Crippen molar-refractivity contribution in [3.8, 4) is 5.75 Å². The molecule has 0 spiro atoms. The van der Waals surface area contributed by atoms with Crippen molar-refractivity contribution in [3.05, 3.63) is 36.0 Å². The van der Waals surface area contributed by atoms with E-state index in [1.807, 2.05) is 0 Å². The minimum absolute atomic E-state index is 0.250. The van der Waals surface area contributed by atoms with Crippen LogP contribution in [0.1, 0.15) is 31.5 Å². The summed E-state index contributed by atoms with van der Waals surface area (Å²) in [4.78, 5) is 4.29. The number of anilines is 1. The molecular formula is C13H17N3O2. The largest absolute Gasteiger partial charge is 0.508 e. The topological polar surface area (TPSA) is 71.2 Å². The first-order valence-electron chi connectivity index (χ1n) is 6.12. The lowest BCUT2D eigenvalue weighted by Gasteiger charge is -2.02. The fourth-order valence-corrected chi connectivity index (χ4v) is 1.56. The van der Waals surface area contributed by atoms with Gasteiger partial charge in [-0.1, -0.05) is 18.5 Å². The highest BCUT2D eigenvalue weighted by molar-refractivity contribution is 5.45. The molecule has 0 aliphatic rings. The molecule has 18 heavy (non-hydrogen) atoms. The van der Waals surface area contributed by atoms with Crippen LogP contribution in [0.15, 0.2) is 28.8 Å². The van der Waals surface area contributed by atoms with Gasteiger partial charge in [0.1, 0.15) is 5.75 Å². The van der Waals surface area contributed by atoms with Crippen molar-refractivity contribution >= 4 is 5.69 Å². The summed E-state index contributed by atoms with van der Waals surface area (Å²) in [5, 5.41) is 16.2. The van der Waals surface area contributed by atoms with Gasteiger partial charge in [-0.05, 0) is 30.7 Å². The smallest absolute Gasteiger partial charge is 0.245 e. The molecule has 0 unspecified atom stereocenters. The lowest BCUT2D eigenvalue weighted by Crippen LogP contribution is -1.99. The van der Waals surface area contributed by atoms with Gasteiger partial charge in [-0.15, -0.1) is 0 Å². The second-order valence-electron chi connectivity index (χ2n) is 4.11. The van der Waals surface area contributed by atoms with E-state index in [0.29, 0.717) is 12.4 Å². The van der Waals surface area contributed by atoms with Gasteiger partial charge < -0.3 is 14.9 Å². The van der Waals surface area contributed by atoms with Crippen molar-refractivity contribution in [2.45, 2.75) is 32.7 Å². The Kier molecular flexibility index (Phi) is 4.17. The zero-order chi connectivity index (χ0) is 12.8. The predicted molar refractivity (Wildman–Crippen MR) is 68.3 cm³/mol. The van der Waals surface area contributed by atoms with Crippen LogP contribution in [0.4, 0.5) is 5.69 Å². The molecule has 1 aromatic heterocycles. The van der Waals surface area contributed by atoms with E-state index in [9.17, 15) is 0 Å². The van der Waals surface area contributed by atoms with E-state index in [-0.39, 0.29) is 5.75 Å². The molecule has 2 N–H and O–H groups in total. The molecule has 0 aliphatic heterocycles. The molecule has 0 fully saturated rings. The minimum atomic E-state index is 0.250. The Morgan fingerprint density at radius 1 is 1.28 bits per heavy atom. The molecule has 2 rings (SSSR count). The highest BCUT2D eigenvalue weighted by Crippen LogP contribution is 2.14. The zero-order valence-corrected chi connectivity index (χ0v) is 10.4. The molecule has 96 valence electrons. The number of benzene rings is 1. The first kappa shape index (κ1) is 12.4. The maximum Gasteiger partial charge on any atom is 0.245 e. The lowest BCUT2D eigenvalue weighted by atomic mass is 10.2. The first-order chi connectivity index (χ1) is 8.78. The van der Waals surface area contributed by atoms with E-state index in [4.69, 9.17) is 9.63 Å².